The van der Waals surface area contributed by atoms with E-state index in [4.69, 9.17) is 14.2 Å². The van der Waals surface area contributed by atoms with E-state index >= 15 is 0 Å². The van der Waals surface area contributed by atoms with Crippen LogP contribution < -0.4 is 19.5 Å². The number of nitrogens with one attached hydrogen (secondary N) is 1. The van der Waals surface area contributed by atoms with Crippen LogP contribution in [0.5, 0.6) is 17.2 Å². The number of amides is 1. The highest BCUT2D eigenvalue weighted by atomic mass is 16.5. The lowest BCUT2D eigenvalue weighted by Crippen LogP contribution is -2.40. The minimum atomic E-state index is -0.182. The van der Waals surface area contributed by atoms with E-state index in [2.05, 4.69) is 24.1 Å². The fourth-order valence-corrected chi connectivity index (χ4v) is 3.77. The molecule has 1 unspecified atom stereocenters. The number of likely N-dealkylation sites (tertiary alicyclic amines) is 1. The third-order valence-electron chi connectivity index (χ3n) is 5.05. The van der Waals surface area contributed by atoms with Gasteiger partial charge in [0.05, 0.1) is 21.3 Å². The summed E-state index contributed by atoms with van der Waals surface area (Å²) in [6, 6.07) is 2.29. The topological polar surface area (TPSA) is 60.0 Å². The molecular formula is C20H32N2O4. The molecule has 1 aliphatic heterocycles. The van der Waals surface area contributed by atoms with Gasteiger partial charge in [-0.1, -0.05) is 20.3 Å². The van der Waals surface area contributed by atoms with Crippen LogP contribution >= 0.6 is 0 Å². The number of benzene rings is 1. The summed E-state index contributed by atoms with van der Waals surface area (Å²) in [4.78, 5) is 15.4. The minimum Gasteiger partial charge on any atom is -0.495 e. The van der Waals surface area contributed by atoms with Gasteiger partial charge in [-0.2, -0.15) is 0 Å². The number of nitrogens with zero attached hydrogens (tertiary/aromatic N) is 1. The van der Waals surface area contributed by atoms with Gasteiger partial charge in [0.2, 0.25) is 0 Å². The quantitative estimate of drug-likeness (QED) is 0.730. The highest BCUT2D eigenvalue weighted by Crippen LogP contribution is 2.40. The first-order chi connectivity index (χ1) is 12.6. The first-order valence-corrected chi connectivity index (χ1v) is 9.45. The van der Waals surface area contributed by atoms with Crippen LogP contribution in [0.25, 0.3) is 0 Å². The van der Waals surface area contributed by atoms with Crippen LogP contribution in [0.15, 0.2) is 6.07 Å². The molecule has 0 aliphatic carbocycles. The summed E-state index contributed by atoms with van der Waals surface area (Å²) >= 11 is 0. The maximum absolute atomic E-state index is 13.0. The van der Waals surface area contributed by atoms with E-state index in [0.29, 0.717) is 35.4 Å². The molecule has 6 heteroatoms. The summed E-state index contributed by atoms with van der Waals surface area (Å²) in [5.74, 6) is 1.36. The van der Waals surface area contributed by atoms with Gasteiger partial charge in [-0.3, -0.25) is 9.69 Å². The SMILES string of the molecule is CCCc1cc(OC)c(OC)c(C(=O)NCC2CCCN2CC)c1OC. The zero-order chi connectivity index (χ0) is 19.1. The summed E-state index contributed by atoms with van der Waals surface area (Å²) in [5, 5.41) is 3.08. The van der Waals surface area contributed by atoms with E-state index in [0.717, 1.165) is 37.9 Å². The van der Waals surface area contributed by atoms with Crippen LogP contribution in [-0.2, 0) is 6.42 Å². The van der Waals surface area contributed by atoms with E-state index in [-0.39, 0.29) is 5.91 Å². The van der Waals surface area contributed by atoms with Crippen molar-refractivity contribution in [3.8, 4) is 17.2 Å². The van der Waals surface area contributed by atoms with Crippen molar-refractivity contribution in [1.82, 2.24) is 10.2 Å². The number of ether oxygens (including phenoxy) is 3. The Hall–Kier alpha value is -1.95. The molecule has 1 aromatic rings. The van der Waals surface area contributed by atoms with E-state index in [9.17, 15) is 4.79 Å². The number of aryl methyl sites for hydroxylation is 1. The molecule has 1 aliphatic rings. The van der Waals surface area contributed by atoms with Crippen molar-refractivity contribution in [2.75, 3.05) is 41.0 Å². The summed E-state index contributed by atoms with van der Waals surface area (Å²) < 4.78 is 16.6. The monoisotopic (exact) mass is 364 g/mol. The van der Waals surface area contributed by atoms with Crippen LogP contribution in [0, 0.1) is 0 Å². The molecule has 1 amide bonds. The summed E-state index contributed by atoms with van der Waals surface area (Å²) in [6.45, 7) is 6.98. The summed E-state index contributed by atoms with van der Waals surface area (Å²) in [6.07, 6.45) is 4.04. The number of methoxy groups -OCH3 is 3. The number of carbonyl (C=O) groups is 1. The van der Waals surface area contributed by atoms with E-state index in [1.807, 2.05) is 6.07 Å². The molecule has 1 saturated heterocycles. The Labute approximate surface area is 156 Å². The average molecular weight is 364 g/mol. The lowest BCUT2D eigenvalue weighted by atomic mass is 10.0. The molecule has 26 heavy (non-hydrogen) atoms. The van der Waals surface area contributed by atoms with Gasteiger partial charge in [0, 0.05) is 12.6 Å². The molecule has 6 nitrogen and oxygen atoms in total. The number of rotatable bonds is 9. The highest BCUT2D eigenvalue weighted by Gasteiger charge is 2.28. The van der Waals surface area contributed by atoms with Gasteiger partial charge in [-0.25, -0.2) is 0 Å². The summed E-state index contributed by atoms with van der Waals surface area (Å²) in [7, 11) is 4.72. The van der Waals surface area contributed by atoms with Gasteiger partial charge in [-0.05, 0) is 44.0 Å². The Balaban J connectivity index is 2.32. The molecule has 0 spiro atoms. The van der Waals surface area contributed by atoms with Crippen molar-refractivity contribution in [2.24, 2.45) is 0 Å². The zero-order valence-electron chi connectivity index (χ0n) is 16.7. The molecule has 0 bridgehead atoms. The molecule has 1 atom stereocenters. The Bertz CT molecular complexity index is 618. The molecular weight excluding hydrogens is 332 g/mol. The maximum Gasteiger partial charge on any atom is 0.259 e. The van der Waals surface area contributed by atoms with Crippen LogP contribution in [-0.4, -0.2) is 57.8 Å². The Morgan fingerprint density at radius 2 is 1.92 bits per heavy atom. The number of carbonyl (C=O) groups excluding carboxylic acids is 1. The van der Waals surface area contributed by atoms with E-state index < -0.39 is 0 Å². The first-order valence-electron chi connectivity index (χ1n) is 9.45. The lowest BCUT2D eigenvalue weighted by molar-refractivity contribution is 0.0934. The fraction of sp³-hybridized carbons (Fsp3) is 0.650. The van der Waals surface area contributed by atoms with E-state index in [1.54, 1.807) is 21.3 Å². The predicted octanol–water partition coefficient (Wildman–Crippen LogP) is 2.88. The number of hydrogen-bond acceptors (Lipinski definition) is 5. The molecule has 0 saturated carbocycles. The van der Waals surface area contributed by atoms with Crippen molar-refractivity contribution >= 4 is 5.91 Å². The lowest BCUT2D eigenvalue weighted by Gasteiger charge is -2.24. The summed E-state index contributed by atoms with van der Waals surface area (Å²) in [5.41, 5.74) is 1.37. The number of likely N-dealkylation sites (N-methyl/N-ethyl adjacent to an activating group) is 1. The highest BCUT2D eigenvalue weighted by molar-refractivity contribution is 6.01. The molecule has 1 heterocycles. The molecule has 1 aromatic carbocycles. The predicted molar refractivity (Wildman–Crippen MR) is 103 cm³/mol. The molecule has 146 valence electrons. The minimum absolute atomic E-state index is 0.182. The fourth-order valence-electron chi connectivity index (χ4n) is 3.77. The van der Waals surface area contributed by atoms with Gasteiger partial charge >= 0.3 is 0 Å². The van der Waals surface area contributed by atoms with Crippen molar-refractivity contribution in [1.29, 1.82) is 0 Å². The van der Waals surface area contributed by atoms with Gasteiger partial charge in [0.15, 0.2) is 11.5 Å². The second-order valence-electron chi connectivity index (χ2n) is 6.56. The van der Waals surface area contributed by atoms with Gasteiger partial charge in [-0.15, -0.1) is 0 Å². The molecule has 0 aromatic heterocycles. The second-order valence-corrected chi connectivity index (χ2v) is 6.56. The van der Waals surface area contributed by atoms with Crippen LogP contribution in [0.1, 0.15) is 49.0 Å². The Morgan fingerprint density at radius 3 is 2.50 bits per heavy atom. The average Bonchev–Trinajstić information content (AvgIpc) is 3.12. The molecule has 0 radical (unpaired) electrons. The van der Waals surface area contributed by atoms with Crippen LogP contribution in [0.2, 0.25) is 0 Å². The van der Waals surface area contributed by atoms with Gasteiger partial charge in [0.25, 0.3) is 5.91 Å². The standard InChI is InChI=1S/C20H32N2O4/c1-6-9-14-12-16(24-3)19(26-5)17(18(14)25-4)20(23)21-13-15-10-8-11-22(15)7-2/h12,15H,6-11,13H2,1-5H3,(H,21,23). The maximum atomic E-state index is 13.0. The first kappa shape index (κ1) is 20.4. The third-order valence-corrected chi connectivity index (χ3v) is 5.05. The zero-order valence-corrected chi connectivity index (χ0v) is 16.7. The second kappa shape index (κ2) is 9.67. The molecule has 2 rings (SSSR count). The van der Waals surface area contributed by atoms with Gasteiger partial charge < -0.3 is 19.5 Å². The van der Waals surface area contributed by atoms with Crippen molar-refractivity contribution in [3.63, 3.8) is 0 Å². The Kier molecular flexibility index (Phi) is 7.57. The smallest absolute Gasteiger partial charge is 0.259 e. The van der Waals surface area contributed by atoms with Crippen LogP contribution in [0.4, 0.5) is 0 Å². The van der Waals surface area contributed by atoms with E-state index in [1.165, 1.54) is 6.42 Å². The normalized spacial score (nSPS) is 17.2. The largest absolute Gasteiger partial charge is 0.495 e. The number of hydrogen-bond donors (Lipinski definition) is 1. The van der Waals surface area contributed by atoms with Crippen molar-refractivity contribution in [3.05, 3.63) is 17.2 Å². The van der Waals surface area contributed by atoms with Crippen molar-refractivity contribution < 1.29 is 19.0 Å². The third kappa shape index (κ3) is 4.23. The molecule has 1 N–H and O–H groups in total. The van der Waals surface area contributed by atoms with Crippen molar-refractivity contribution in [2.45, 2.75) is 45.6 Å². The Morgan fingerprint density at radius 1 is 1.19 bits per heavy atom. The van der Waals surface area contributed by atoms with Gasteiger partial charge in [0.1, 0.15) is 11.3 Å². The molecule has 1 fully saturated rings. The van der Waals surface area contributed by atoms with Crippen LogP contribution in [0.3, 0.4) is 0 Å².